The molecule has 1 saturated heterocycles. The summed E-state index contributed by atoms with van der Waals surface area (Å²) in [6.45, 7) is 4.15. The van der Waals surface area contributed by atoms with Crippen molar-refractivity contribution in [2.45, 2.75) is 18.5 Å². The summed E-state index contributed by atoms with van der Waals surface area (Å²) >= 11 is 5.98. The Morgan fingerprint density at radius 2 is 1.58 bits per heavy atom. The number of carbonyl (C=O) groups is 2. The molecule has 0 aliphatic carbocycles. The van der Waals surface area contributed by atoms with E-state index in [0.29, 0.717) is 16.7 Å². The Morgan fingerprint density at radius 3 is 2.25 bits per heavy atom. The maximum absolute atomic E-state index is 13.4. The zero-order valence-corrected chi connectivity index (χ0v) is 20.6. The lowest BCUT2D eigenvalue weighted by Crippen LogP contribution is -2.51. The summed E-state index contributed by atoms with van der Waals surface area (Å²) in [4.78, 5) is 35.7. The van der Waals surface area contributed by atoms with Crippen LogP contribution in [0.3, 0.4) is 0 Å². The summed E-state index contributed by atoms with van der Waals surface area (Å²) in [5, 5.41) is 6.44. The van der Waals surface area contributed by atoms with Gasteiger partial charge in [-0.15, -0.1) is 0 Å². The molecule has 2 N–H and O–H groups in total. The van der Waals surface area contributed by atoms with E-state index < -0.39 is 12.0 Å². The summed E-state index contributed by atoms with van der Waals surface area (Å²) in [5.41, 5.74) is 2.64. The number of nitrogens with zero attached hydrogens (tertiary/aromatic N) is 3. The van der Waals surface area contributed by atoms with E-state index in [1.807, 2.05) is 36.4 Å². The third-order valence-corrected chi connectivity index (χ3v) is 6.81. The van der Waals surface area contributed by atoms with Crippen LogP contribution in [0.2, 0.25) is 5.02 Å². The van der Waals surface area contributed by atoms with E-state index in [1.165, 1.54) is 5.56 Å². The second-order valence-corrected chi connectivity index (χ2v) is 9.46. The molecule has 0 saturated carbocycles. The van der Waals surface area contributed by atoms with Gasteiger partial charge in [0, 0.05) is 43.4 Å². The van der Waals surface area contributed by atoms with Gasteiger partial charge in [-0.05, 0) is 35.4 Å². The van der Waals surface area contributed by atoms with Gasteiger partial charge in [0.15, 0.2) is 0 Å². The van der Waals surface area contributed by atoms with E-state index >= 15 is 0 Å². The van der Waals surface area contributed by atoms with Crippen LogP contribution < -0.4 is 10.6 Å². The van der Waals surface area contributed by atoms with Crippen LogP contribution in [0.5, 0.6) is 0 Å². The van der Waals surface area contributed by atoms with Crippen molar-refractivity contribution in [3.63, 3.8) is 0 Å². The van der Waals surface area contributed by atoms with E-state index in [4.69, 9.17) is 16.6 Å². The monoisotopic (exact) mass is 501 g/mol. The first-order valence-electron chi connectivity index (χ1n) is 12.1. The number of anilines is 1. The normalized spacial score (nSPS) is 18.9. The number of piperazine rings is 1. The maximum Gasteiger partial charge on any atom is 0.252 e. The molecule has 7 nitrogen and oxygen atoms in total. The standard InChI is InChI=1S/C28H28ClN5O2/c29-22-11-13-23(14-12-22)30-26(35)24(21-9-5-2-6-10-21)25-27(36)32-28(31-25)34-17-15-33(16-18-34)19-20-7-3-1-4-8-20/h1-14,24-25H,15-19H2,(H,30,35)(H,31,32,36)/t24-,25+/m0/s1. The highest BCUT2D eigenvalue weighted by molar-refractivity contribution is 6.30. The van der Waals surface area contributed by atoms with Crippen molar-refractivity contribution in [2.75, 3.05) is 31.5 Å². The van der Waals surface area contributed by atoms with E-state index in [9.17, 15) is 9.59 Å². The average Bonchev–Trinajstić information content (AvgIpc) is 3.28. The maximum atomic E-state index is 13.4. The quantitative estimate of drug-likeness (QED) is 0.539. The van der Waals surface area contributed by atoms with Gasteiger partial charge in [-0.3, -0.25) is 19.8 Å². The Kier molecular flexibility index (Phi) is 7.30. The molecule has 0 aromatic heterocycles. The van der Waals surface area contributed by atoms with Crippen LogP contribution in [-0.2, 0) is 16.1 Å². The molecule has 2 aliphatic rings. The SMILES string of the molecule is O=C1NC(N2CCN(Cc3ccccc3)CC2)=N[C@@H]1[C@@H](C(=O)Nc1ccc(Cl)cc1)c1ccccc1. The van der Waals surface area contributed by atoms with Gasteiger partial charge in [0.05, 0.1) is 5.92 Å². The van der Waals surface area contributed by atoms with Crippen LogP contribution in [0.25, 0.3) is 0 Å². The Labute approximate surface area is 215 Å². The number of halogens is 1. The van der Waals surface area contributed by atoms with Crippen LogP contribution in [0.4, 0.5) is 5.69 Å². The zero-order valence-electron chi connectivity index (χ0n) is 19.8. The molecule has 8 heteroatoms. The number of aliphatic imine (C=N–C) groups is 1. The zero-order chi connectivity index (χ0) is 24.9. The lowest BCUT2D eigenvalue weighted by molar-refractivity contribution is -0.125. The first-order valence-corrected chi connectivity index (χ1v) is 12.5. The fourth-order valence-electron chi connectivity index (χ4n) is 4.64. The predicted molar refractivity (Wildman–Crippen MR) is 142 cm³/mol. The molecular formula is C28H28ClN5O2. The smallest absolute Gasteiger partial charge is 0.252 e. The minimum Gasteiger partial charge on any atom is -0.340 e. The molecule has 2 amide bonds. The molecule has 0 unspecified atom stereocenters. The predicted octanol–water partition coefficient (Wildman–Crippen LogP) is 3.73. The van der Waals surface area contributed by atoms with Gasteiger partial charge in [0.1, 0.15) is 6.04 Å². The van der Waals surface area contributed by atoms with Crippen molar-refractivity contribution in [3.05, 3.63) is 101 Å². The molecule has 3 aromatic carbocycles. The molecule has 36 heavy (non-hydrogen) atoms. The summed E-state index contributed by atoms with van der Waals surface area (Å²) in [7, 11) is 0. The molecule has 5 rings (SSSR count). The fraction of sp³-hybridized carbons (Fsp3) is 0.250. The van der Waals surface area contributed by atoms with Gasteiger partial charge in [0.25, 0.3) is 5.91 Å². The van der Waals surface area contributed by atoms with Gasteiger partial charge in [-0.1, -0.05) is 72.3 Å². The summed E-state index contributed by atoms with van der Waals surface area (Å²) in [6, 6.07) is 25.8. The number of nitrogens with one attached hydrogen (secondary N) is 2. The van der Waals surface area contributed by atoms with Crippen molar-refractivity contribution < 1.29 is 9.59 Å². The summed E-state index contributed by atoms with van der Waals surface area (Å²) in [6.07, 6.45) is 0. The van der Waals surface area contributed by atoms with Crippen molar-refractivity contribution in [3.8, 4) is 0 Å². The van der Waals surface area contributed by atoms with Crippen LogP contribution in [0, 0.1) is 0 Å². The van der Waals surface area contributed by atoms with Crippen molar-refractivity contribution in [1.82, 2.24) is 15.1 Å². The van der Waals surface area contributed by atoms with Crippen LogP contribution in [0.1, 0.15) is 17.0 Å². The summed E-state index contributed by atoms with van der Waals surface area (Å²) in [5.74, 6) is -0.776. The second kappa shape index (κ2) is 10.9. The molecule has 1 fully saturated rings. The van der Waals surface area contributed by atoms with E-state index in [1.54, 1.807) is 24.3 Å². The molecule has 0 spiro atoms. The van der Waals surface area contributed by atoms with Crippen LogP contribution >= 0.6 is 11.6 Å². The van der Waals surface area contributed by atoms with E-state index in [-0.39, 0.29) is 11.8 Å². The summed E-state index contributed by atoms with van der Waals surface area (Å²) < 4.78 is 0. The topological polar surface area (TPSA) is 77.0 Å². The fourth-order valence-corrected chi connectivity index (χ4v) is 4.77. The average molecular weight is 502 g/mol. The van der Waals surface area contributed by atoms with E-state index in [2.05, 4.69) is 44.7 Å². The van der Waals surface area contributed by atoms with Gasteiger partial charge in [-0.25, -0.2) is 4.99 Å². The van der Waals surface area contributed by atoms with E-state index in [0.717, 1.165) is 38.3 Å². The number of hydrogen-bond donors (Lipinski definition) is 2. The highest BCUT2D eigenvalue weighted by atomic mass is 35.5. The number of benzene rings is 3. The highest BCUT2D eigenvalue weighted by Crippen LogP contribution is 2.27. The molecule has 2 atom stereocenters. The van der Waals surface area contributed by atoms with Crippen molar-refractivity contribution in [1.29, 1.82) is 0 Å². The molecule has 3 aromatic rings. The highest BCUT2D eigenvalue weighted by Gasteiger charge is 2.40. The third-order valence-electron chi connectivity index (χ3n) is 6.55. The number of rotatable bonds is 6. The molecular weight excluding hydrogens is 474 g/mol. The van der Waals surface area contributed by atoms with Crippen molar-refractivity contribution in [2.24, 2.45) is 4.99 Å². The molecule has 0 radical (unpaired) electrons. The van der Waals surface area contributed by atoms with Gasteiger partial charge >= 0.3 is 0 Å². The molecule has 2 aliphatic heterocycles. The Morgan fingerprint density at radius 1 is 0.944 bits per heavy atom. The number of hydrogen-bond acceptors (Lipinski definition) is 5. The van der Waals surface area contributed by atoms with Crippen LogP contribution in [-0.4, -0.2) is 59.8 Å². The largest absolute Gasteiger partial charge is 0.340 e. The minimum atomic E-state index is -0.850. The second-order valence-electron chi connectivity index (χ2n) is 9.02. The third kappa shape index (κ3) is 5.58. The van der Waals surface area contributed by atoms with Gasteiger partial charge < -0.3 is 10.2 Å². The molecule has 184 valence electrons. The molecule has 2 heterocycles. The minimum absolute atomic E-state index is 0.267. The lowest BCUT2D eigenvalue weighted by Gasteiger charge is -2.35. The number of amides is 2. The molecule has 0 bridgehead atoms. The van der Waals surface area contributed by atoms with Crippen LogP contribution in [0.15, 0.2) is 89.9 Å². The van der Waals surface area contributed by atoms with Gasteiger partial charge in [-0.2, -0.15) is 0 Å². The Bertz CT molecular complexity index is 1230. The lowest BCUT2D eigenvalue weighted by atomic mass is 9.90. The van der Waals surface area contributed by atoms with Crippen molar-refractivity contribution >= 4 is 35.1 Å². The Hall–Kier alpha value is -3.68. The first-order chi connectivity index (χ1) is 17.6. The van der Waals surface area contributed by atoms with Gasteiger partial charge in [0.2, 0.25) is 11.9 Å². The number of carbonyl (C=O) groups excluding carboxylic acids is 2. The Balaban J connectivity index is 1.30. The number of guanidine groups is 1. The first kappa shape index (κ1) is 24.0.